The number of imide groups is 1. The molecule has 2 aromatic carbocycles. The van der Waals surface area contributed by atoms with Crippen LogP contribution in [-0.2, 0) is 27.3 Å². The average Bonchev–Trinajstić information content (AvgIpc) is 4.08. The van der Waals surface area contributed by atoms with Crippen LogP contribution in [0, 0.1) is 13.8 Å². The molecule has 1 aliphatic heterocycles. The number of benzene rings is 2. The molecule has 0 spiro atoms. The van der Waals surface area contributed by atoms with Gasteiger partial charge in [0.25, 0.3) is 11.8 Å². The number of nitrogen functional groups attached to an aromatic ring is 1. The van der Waals surface area contributed by atoms with Gasteiger partial charge in [-0.05, 0) is 84.3 Å². The van der Waals surface area contributed by atoms with E-state index in [2.05, 4.69) is 52.3 Å². The lowest BCUT2D eigenvalue weighted by Crippen LogP contribution is -2.38. The zero-order valence-electron chi connectivity index (χ0n) is 31.5. The number of carbonyl (C=O) groups excluding carboxylic acids is 4. The molecule has 2 aliphatic carbocycles. The first-order valence-corrected chi connectivity index (χ1v) is 18.4. The number of nitrogens with zero attached hydrogens (tertiary/aromatic N) is 7. The van der Waals surface area contributed by atoms with E-state index in [9.17, 15) is 19.2 Å². The fraction of sp³-hybridized carbons (Fsp3) is 0.268. The van der Waals surface area contributed by atoms with Gasteiger partial charge in [-0.25, -0.2) is 9.59 Å². The maximum atomic E-state index is 12.2. The van der Waals surface area contributed by atoms with Gasteiger partial charge in [-0.3, -0.25) is 19.6 Å². The lowest BCUT2D eigenvalue weighted by molar-refractivity contribution is -0.171. The number of aromatic nitrogens is 6. The van der Waals surface area contributed by atoms with E-state index >= 15 is 0 Å². The summed E-state index contributed by atoms with van der Waals surface area (Å²) in [4.78, 5) is 68.3. The van der Waals surface area contributed by atoms with Gasteiger partial charge in [-0.2, -0.15) is 9.97 Å². The number of aryl methyl sites for hydroxylation is 4. The van der Waals surface area contributed by atoms with Crippen molar-refractivity contribution < 1.29 is 33.1 Å². The van der Waals surface area contributed by atoms with Crippen molar-refractivity contribution in [2.75, 3.05) is 11.1 Å². The number of fused-ring (bicyclic) bond motifs is 2. The number of rotatable bonds is 6. The summed E-state index contributed by atoms with van der Waals surface area (Å²) in [5.74, 6) is 1.14. The van der Waals surface area contributed by atoms with Crippen molar-refractivity contribution in [2.24, 2.45) is 0 Å². The quantitative estimate of drug-likeness (QED) is 0.134. The summed E-state index contributed by atoms with van der Waals surface area (Å²) in [6.07, 6.45) is 9.13. The molecule has 1 saturated heterocycles. The van der Waals surface area contributed by atoms with Crippen LogP contribution in [0.5, 0.6) is 0 Å². The number of carbonyl (C=O) groups is 4. The van der Waals surface area contributed by atoms with Crippen LogP contribution in [-0.4, -0.2) is 59.3 Å². The SMILES string of the molecule is C.Cc1nc(-c2ccc3c(c2)CCC3NC(=O)Nc2cccnc2)no1.Cc1nc(-c2ccc3c(c2)CCC3NC(=O)ON2C(=O)CCC2=O)no1.Nc1cccnc1. The Kier molecular flexibility index (Phi) is 13.0. The molecule has 59 heavy (non-hydrogen) atoms. The molecule has 5 N–H and O–H groups in total. The molecule has 0 saturated carbocycles. The number of hydrogen-bond acceptors (Lipinski definition) is 14. The fourth-order valence-corrected chi connectivity index (χ4v) is 6.69. The number of hydroxylamine groups is 2. The third kappa shape index (κ3) is 10.3. The van der Waals surface area contributed by atoms with Crippen molar-refractivity contribution in [2.45, 2.75) is 71.9 Å². The van der Waals surface area contributed by atoms with Gasteiger partial charge in [0.15, 0.2) is 0 Å². The number of hydrogen-bond donors (Lipinski definition) is 4. The average molecular weight is 802 g/mol. The van der Waals surface area contributed by atoms with E-state index in [1.165, 1.54) is 5.56 Å². The summed E-state index contributed by atoms with van der Waals surface area (Å²) in [6, 6.07) is 18.5. The van der Waals surface area contributed by atoms with Gasteiger partial charge < -0.3 is 35.6 Å². The van der Waals surface area contributed by atoms with Crippen LogP contribution in [0.2, 0.25) is 0 Å². The molecule has 0 radical (unpaired) electrons. The zero-order valence-corrected chi connectivity index (χ0v) is 31.5. The number of nitrogens with one attached hydrogen (secondary N) is 3. The Morgan fingerprint density at radius 2 is 1.29 bits per heavy atom. The standard InChI is InChI=1S/C18H17N5O2.C17H16N4O5.C5H6N2.CH4/c1-11-20-17(23-25-11)13-4-6-15-12(9-13)5-7-16(15)22-18(24)21-14-3-2-8-19-10-14;1-9-18-16(20-25-9)11-2-4-12-10(8-11)3-5-13(12)19-17(24)26-21-14(22)6-7-15(21)23;6-5-2-1-3-7-4-5;/h2-4,6,8-10,16H,5,7H2,1H3,(H2,21,22,24);2,4,8,13H,3,5-7H2,1H3,(H,19,24);1-4H,6H2;1H4. The van der Waals surface area contributed by atoms with Crippen molar-refractivity contribution >= 4 is 35.3 Å². The summed E-state index contributed by atoms with van der Waals surface area (Å²) in [7, 11) is 0. The number of pyridine rings is 2. The van der Waals surface area contributed by atoms with Crippen LogP contribution < -0.4 is 21.7 Å². The van der Waals surface area contributed by atoms with Gasteiger partial charge in [0.05, 0.1) is 29.7 Å². The van der Waals surface area contributed by atoms with E-state index in [0.29, 0.717) is 46.3 Å². The van der Waals surface area contributed by atoms with E-state index in [1.54, 1.807) is 62.9 Å². The van der Waals surface area contributed by atoms with Crippen molar-refractivity contribution in [3.63, 3.8) is 0 Å². The summed E-state index contributed by atoms with van der Waals surface area (Å²) >= 11 is 0. The molecule has 3 aliphatic rings. The topological polar surface area (TPSA) is 246 Å². The summed E-state index contributed by atoms with van der Waals surface area (Å²) in [5, 5.41) is 16.9. The van der Waals surface area contributed by atoms with Crippen molar-refractivity contribution in [3.8, 4) is 22.8 Å². The van der Waals surface area contributed by atoms with Crippen LogP contribution in [0.15, 0.2) is 94.5 Å². The van der Waals surface area contributed by atoms with E-state index < -0.39 is 17.9 Å². The molecule has 5 amide bonds. The Hall–Kier alpha value is -7.50. The second-order valence-corrected chi connectivity index (χ2v) is 13.5. The predicted octanol–water partition coefficient (Wildman–Crippen LogP) is 6.37. The van der Waals surface area contributed by atoms with Gasteiger partial charge in [-0.15, -0.1) is 5.06 Å². The van der Waals surface area contributed by atoms with Gasteiger partial charge >= 0.3 is 12.1 Å². The van der Waals surface area contributed by atoms with Crippen molar-refractivity contribution in [1.29, 1.82) is 0 Å². The van der Waals surface area contributed by atoms with Gasteiger partial charge in [0.1, 0.15) is 0 Å². The highest BCUT2D eigenvalue weighted by atomic mass is 16.7. The first kappa shape index (κ1) is 41.1. The Balaban J connectivity index is 0.000000168. The van der Waals surface area contributed by atoms with Crippen LogP contribution >= 0.6 is 0 Å². The molecular formula is C41H43N11O7. The van der Waals surface area contributed by atoms with Gasteiger partial charge in [0, 0.05) is 56.4 Å². The molecule has 2 unspecified atom stereocenters. The second kappa shape index (κ2) is 18.6. The van der Waals surface area contributed by atoms with E-state index in [0.717, 1.165) is 47.1 Å². The number of nitrogens with two attached hydrogens (primary N) is 1. The summed E-state index contributed by atoms with van der Waals surface area (Å²) in [6.45, 7) is 3.50. The lowest BCUT2D eigenvalue weighted by atomic mass is 10.0. The normalized spacial score (nSPS) is 16.0. The highest BCUT2D eigenvalue weighted by molar-refractivity contribution is 6.01. The minimum Gasteiger partial charge on any atom is -0.397 e. The van der Waals surface area contributed by atoms with Crippen LogP contribution in [0.3, 0.4) is 0 Å². The number of urea groups is 1. The van der Waals surface area contributed by atoms with Crippen LogP contribution in [0.4, 0.5) is 21.0 Å². The zero-order chi connectivity index (χ0) is 40.6. The molecule has 0 bridgehead atoms. The number of amides is 5. The molecule has 2 atom stereocenters. The van der Waals surface area contributed by atoms with Gasteiger partial charge in [-0.1, -0.05) is 42.0 Å². The molecule has 18 nitrogen and oxygen atoms in total. The van der Waals surface area contributed by atoms with Crippen molar-refractivity contribution in [1.82, 2.24) is 45.9 Å². The Morgan fingerprint density at radius 3 is 1.75 bits per heavy atom. The fourth-order valence-electron chi connectivity index (χ4n) is 6.69. The summed E-state index contributed by atoms with van der Waals surface area (Å²) in [5.41, 5.74) is 12.8. The molecule has 304 valence electrons. The third-order valence-corrected chi connectivity index (χ3v) is 9.39. The van der Waals surface area contributed by atoms with Gasteiger partial charge in [0.2, 0.25) is 23.4 Å². The second-order valence-electron chi connectivity index (χ2n) is 13.5. The predicted molar refractivity (Wildman–Crippen MR) is 214 cm³/mol. The molecule has 5 heterocycles. The molecular weight excluding hydrogens is 759 g/mol. The largest absolute Gasteiger partial charge is 0.432 e. The Morgan fingerprint density at radius 1 is 0.746 bits per heavy atom. The lowest BCUT2D eigenvalue weighted by Gasteiger charge is -2.17. The smallest absolute Gasteiger partial charge is 0.397 e. The third-order valence-electron chi connectivity index (χ3n) is 9.39. The number of anilines is 2. The molecule has 6 aromatic rings. The van der Waals surface area contributed by atoms with E-state index in [4.69, 9.17) is 19.6 Å². The maximum Gasteiger partial charge on any atom is 0.432 e. The Labute approximate surface area is 338 Å². The van der Waals surface area contributed by atoms with Crippen LogP contribution in [0.25, 0.3) is 22.8 Å². The van der Waals surface area contributed by atoms with Crippen LogP contribution in [0.1, 0.15) is 79.2 Å². The molecule has 1 fully saturated rings. The molecule has 18 heteroatoms. The molecule has 9 rings (SSSR count). The minimum absolute atomic E-state index is 0. The van der Waals surface area contributed by atoms with E-state index in [-0.39, 0.29) is 38.4 Å². The highest BCUT2D eigenvalue weighted by Crippen LogP contribution is 2.35. The van der Waals surface area contributed by atoms with Crippen molar-refractivity contribution in [3.05, 3.63) is 119 Å². The minimum atomic E-state index is -0.815. The molecule has 4 aromatic heterocycles. The summed E-state index contributed by atoms with van der Waals surface area (Å²) < 4.78 is 10.0. The Bertz CT molecular complexity index is 2400. The first-order valence-electron chi connectivity index (χ1n) is 18.4. The highest BCUT2D eigenvalue weighted by Gasteiger charge is 2.34. The monoisotopic (exact) mass is 801 g/mol. The first-order chi connectivity index (χ1) is 28.1. The maximum absolute atomic E-state index is 12.2. The van der Waals surface area contributed by atoms with E-state index in [1.807, 2.05) is 30.3 Å².